The Morgan fingerprint density at radius 1 is 1.45 bits per heavy atom. The largest absolute Gasteiger partial charge is 0.397 e. The van der Waals surface area contributed by atoms with E-state index in [0.29, 0.717) is 21.3 Å². The Morgan fingerprint density at radius 2 is 2.30 bits per heavy atom. The number of hydrogen-bond acceptors (Lipinski definition) is 5. The molecule has 0 aliphatic carbocycles. The lowest BCUT2D eigenvalue weighted by Crippen LogP contribution is -2.22. The van der Waals surface area contributed by atoms with E-state index in [1.807, 2.05) is 6.07 Å². The molecule has 2 heterocycles. The van der Waals surface area contributed by atoms with E-state index in [1.165, 1.54) is 17.5 Å². The first kappa shape index (κ1) is 13.0. The molecular weight excluding hydrogens is 298 g/mol. The summed E-state index contributed by atoms with van der Waals surface area (Å²) in [6, 6.07) is 7.05. The van der Waals surface area contributed by atoms with Crippen LogP contribution in [0.3, 0.4) is 0 Å². The highest BCUT2D eigenvalue weighted by atomic mass is 35.5. The number of fused-ring (bicyclic) bond motifs is 1. The number of thiophene rings is 1. The van der Waals surface area contributed by atoms with E-state index in [0.717, 1.165) is 10.1 Å². The third-order valence-electron chi connectivity index (χ3n) is 2.81. The molecule has 20 heavy (non-hydrogen) atoms. The van der Waals surface area contributed by atoms with Crippen LogP contribution in [-0.4, -0.2) is 11.1 Å². The molecular formula is C13H10ClN3O2S. The number of carbonyl (C=O) groups is 1. The van der Waals surface area contributed by atoms with Gasteiger partial charge in [-0.15, -0.1) is 11.3 Å². The fraction of sp³-hybridized carbons (Fsp3) is 0.0769. The van der Waals surface area contributed by atoms with Gasteiger partial charge in [-0.25, -0.2) is 0 Å². The topological polar surface area (TPSA) is 81.2 Å². The van der Waals surface area contributed by atoms with Gasteiger partial charge in [0.05, 0.1) is 18.4 Å². The van der Waals surface area contributed by atoms with Crippen molar-refractivity contribution in [2.45, 2.75) is 6.54 Å². The maximum atomic E-state index is 12.1. The number of nitrogens with one attached hydrogen (secondary N) is 1. The molecule has 0 atom stereocenters. The lowest BCUT2D eigenvalue weighted by molar-refractivity contribution is 0.0952. The van der Waals surface area contributed by atoms with Crippen molar-refractivity contribution in [1.82, 2.24) is 10.5 Å². The highest BCUT2D eigenvalue weighted by Crippen LogP contribution is 2.35. The van der Waals surface area contributed by atoms with Crippen LogP contribution in [0.4, 0.5) is 5.69 Å². The lowest BCUT2D eigenvalue weighted by atomic mass is 10.2. The quantitative estimate of drug-likeness (QED) is 0.779. The molecule has 2 aromatic heterocycles. The first-order valence-electron chi connectivity index (χ1n) is 5.80. The fourth-order valence-corrected chi connectivity index (χ4v) is 3.16. The van der Waals surface area contributed by atoms with Crippen LogP contribution >= 0.6 is 22.9 Å². The lowest BCUT2D eigenvalue weighted by Gasteiger charge is -2.01. The molecule has 5 nitrogen and oxygen atoms in total. The number of amides is 1. The molecule has 0 fully saturated rings. The fourth-order valence-electron chi connectivity index (χ4n) is 1.84. The molecule has 0 radical (unpaired) electrons. The Morgan fingerprint density at radius 3 is 3.05 bits per heavy atom. The zero-order valence-corrected chi connectivity index (χ0v) is 11.8. The average molecular weight is 308 g/mol. The summed E-state index contributed by atoms with van der Waals surface area (Å²) in [6.45, 7) is 0.271. The van der Waals surface area contributed by atoms with Gasteiger partial charge in [0.15, 0.2) is 5.76 Å². The highest BCUT2D eigenvalue weighted by Gasteiger charge is 2.16. The van der Waals surface area contributed by atoms with Gasteiger partial charge in [0.2, 0.25) is 0 Å². The average Bonchev–Trinajstić information content (AvgIpc) is 3.04. The van der Waals surface area contributed by atoms with Gasteiger partial charge in [-0.2, -0.15) is 0 Å². The van der Waals surface area contributed by atoms with Crippen molar-refractivity contribution in [2.24, 2.45) is 0 Å². The van der Waals surface area contributed by atoms with E-state index in [2.05, 4.69) is 10.5 Å². The normalized spacial score (nSPS) is 10.8. The van der Waals surface area contributed by atoms with Crippen LogP contribution in [0.1, 0.15) is 15.4 Å². The molecule has 102 valence electrons. The monoisotopic (exact) mass is 307 g/mol. The Bertz CT molecular complexity index is 767. The number of benzene rings is 1. The molecule has 0 bridgehead atoms. The van der Waals surface area contributed by atoms with Gasteiger partial charge in [-0.05, 0) is 18.2 Å². The third-order valence-corrected chi connectivity index (χ3v) is 4.21. The maximum absolute atomic E-state index is 12.1. The van der Waals surface area contributed by atoms with Crippen LogP contribution in [0.2, 0.25) is 5.02 Å². The van der Waals surface area contributed by atoms with Crippen LogP contribution in [-0.2, 0) is 6.54 Å². The van der Waals surface area contributed by atoms with Crippen LogP contribution in [0.15, 0.2) is 35.0 Å². The standard InChI is InChI=1S/C13H10ClN3O2S/c14-7-1-2-9-10(5-7)20-12(11(9)15)13(18)16-6-8-3-4-17-19-8/h1-5H,6,15H2,(H,16,18). The first-order chi connectivity index (χ1) is 9.65. The summed E-state index contributed by atoms with van der Waals surface area (Å²) in [4.78, 5) is 12.6. The number of carbonyl (C=O) groups excluding carboxylic acids is 1. The smallest absolute Gasteiger partial charge is 0.263 e. The van der Waals surface area contributed by atoms with Crippen molar-refractivity contribution in [2.75, 3.05) is 5.73 Å². The number of hydrogen-bond donors (Lipinski definition) is 2. The van der Waals surface area contributed by atoms with E-state index < -0.39 is 0 Å². The minimum atomic E-state index is -0.240. The maximum Gasteiger partial charge on any atom is 0.263 e. The zero-order valence-electron chi connectivity index (χ0n) is 10.2. The minimum Gasteiger partial charge on any atom is -0.397 e. The number of anilines is 1. The number of rotatable bonds is 3. The van der Waals surface area contributed by atoms with Gasteiger partial charge in [-0.1, -0.05) is 16.8 Å². The van der Waals surface area contributed by atoms with Crippen molar-refractivity contribution in [3.05, 3.63) is 46.1 Å². The van der Waals surface area contributed by atoms with Crippen LogP contribution < -0.4 is 11.1 Å². The molecule has 0 saturated heterocycles. The zero-order chi connectivity index (χ0) is 14.1. The molecule has 3 aromatic rings. The molecule has 0 spiro atoms. The van der Waals surface area contributed by atoms with Crippen molar-refractivity contribution >= 4 is 44.6 Å². The molecule has 7 heteroatoms. The van der Waals surface area contributed by atoms with Crippen LogP contribution in [0, 0.1) is 0 Å². The van der Waals surface area contributed by atoms with E-state index in [1.54, 1.807) is 18.2 Å². The summed E-state index contributed by atoms with van der Waals surface area (Å²) < 4.78 is 5.80. The number of halogens is 1. The molecule has 0 aliphatic heterocycles. The van der Waals surface area contributed by atoms with Gasteiger partial charge in [0.1, 0.15) is 4.88 Å². The summed E-state index contributed by atoms with van der Waals surface area (Å²) >= 11 is 7.25. The van der Waals surface area contributed by atoms with Crippen molar-refractivity contribution in [1.29, 1.82) is 0 Å². The summed E-state index contributed by atoms with van der Waals surface area (Å²) in [5.41, 5.74) is 6.48. The summed E-state index contributed by atoms with van der Waals surface area (Å²) in [5.74, 6) is 0.345. The van der Waals surface area contributed by atoms with Gasteiger partial charge >= 0.3 is 0 Å². The van der Waals surface area contributed by atoms with Gasteiger partial charge in [-0.3, -0.25) is 4.79 Å². The Labute approximate surface area is 123 Å². The van der Waals surface area contributed by atoms with E-state index in [4.69, 9.17) is 21.9 Å². The van der Waals surface area contributed by atoms with Crippen molar-refractivity contribution in [3.63, 3.8) is 0 Å². The Kier molecular flexibility index (Phi) is 3.33. The Balaban J connectivity index is 1.85. The van der Waals surface area contributed by atoms with Crippen LogP contribution in [0.25, 0.3) is 10.1 Å². The second-order valence-electron chi connectivity index (χ2n) is 4.15. The van der Waals surface area contributed by atoms with E-state index in [-0.39, 0.29) is 12.5 Å². The van der Waals surface area contributed by atoms with Gasteiger partial charge in [0.25, 0.3) is 5.91 Å². The predicted molar refractivity (Wildman–Crippen MR) is 78.9 cm³/mol. The molecule has 1 aromatic carbocycles. The minimum absolute atomic E-state index is 0.240. The molecule has 0 saturated carbocycles. The van der Waals surface area contributed by atoms with Crippen molar-refractivity contribution in [3.8, 4) is 0 Å². The van der Waals surface area contributed by atoms with Gasteiger partial charge < -0.3 is 15.6 Å². The number of nitrogens with zero attached hydrogens (tertiary/aromatic N) is 1. The predicted octanol–water partition coefficient (Wildman–Crippen LogP) is 3.05. The number of aromatic nitrogens is 1. The third kappa shape index (κ3) is 2.35. The molecule has 0 unspecified atom stereocenters. The van der Waals surface area contributed by atoms with E-state index >= 15 is 0 Å². The van der Waals surface area contributed by atoms with Gasteiger partial charge in [0, 0.05) is 21.2 Å². The summed E-state index contributed by atoms with van der Waals surface area (Å²) in [6.07, 6.45) is 1.53. The highest BCUT2D eigenvalue weighted by molar-refractivity contribution is 7.21. The summed E-state index contributed by atoms with van der Waals surface area (Å²) in [5, 5.41) is 7.77. The first-order valence-corrected chi connectivity index (χ1v) is 7.00. The summed E-state index contributed by atoms with van der Waals surface area (Å²) in [7, 11) is 0. The number of nitrogen functional groups attached to an aromatic ring is 1. The number of nitrogens with two attached hydrogens (primary N) is 1. The molecule has 3 rings (SSSR count). The molecule has 3 N–H and O–H groups in total. The Hall–Kier alpha value is -2.05. The molecule has 0 aliphatic rings. The second kappa shape index (κ2) is 5.15. The van der Waals surface area contributed by atoms with E-state index in [9.17, 15) is 4.79 Å². The second-order valence-corrected chi connectivity index (χ2v) is 5.64. The van der Waals surface area contributed by atoms with Crippen LogP contribution in [0.5, 0.6) is 0 Å². The van der Waals surface area contributed by atoms with Crippen molar-refractivity contribution < 1.29 is 9.32 Å². The SMILES string of the molecule is Nc1c(C(=O)NCc2ccno2)sc2cc(Cl)ccc12. The molecule has 1 amide bonds.